The van der Waals surface area contributed by atoms with Gasteiger partial charge in [0.15, 0.2) is 0 Å². The van der Waals surface area contributed by atoms with Gasteiger partial charge in [-0.2, -0.15) is 0 Å². The van der Waals surface area contributed by atoms with E-state index in [2.05, 4.69) is 5.32 Å². The van der Waals surface area contributed by atoms with Crippen molar-refractivity contribution in [2.24, 2.45) is 0 Å². The quantitative estimate of drug-likeness (QED) is 0.701. The van der Waals surface area contributed by atoms with Crippen LogP contribution in [-0.4, -0.2) is 5.91 Å². The van der Waals surface area contributed by atoms with Crippen LogP contribution in [0, 0.1) is 0 Å². The Morgan fingerprint density at radius 3 is 2.86 bits per heavy atom. The molecule has 0 radical (unpaired) electrons. The molecule has 0 unspecified atom stereocenters. The summed E-state index contributed by atoms with van der Waals surface area (Å²) in [5.74, 6) is -0.0706. The van der Waals surface area contributed by atoms with Gasteiger partial charge in [-0.15, -0.1) is 0 Å². The minimum atomic E-state index is -0.0706. The molecule has 68 valence electrons. The Hall–Kier alpha value is -1.54. The number of amides is 1. The SMILES string of the molecule is O=C1Nc2c(Cl)ccc3cccc1c23. The van der Waals surface area contributed by atoms with Crippen molar-refractivity contribution in [2.75, 3.05) is 5.32 Å². The van der Waals surface area contributed by atoms with E-state index >= 15 is 0 Å². The first-order valence-electron chi connectivity index (χ1n) is 4.30. The van der Waals surface area contributed by atoms with Crippen LogP contribution in [0.1, 0.15) is 10.4 Å². The maximum Gasteiger partial charge on any atom is 0.256 e. The standard InChI is InChI=1S/C11H6ClNO/c12-8-5-4-6-2-1-3-7-9(6)10(8)13-11(7)14/h1-5H,(H,13,14). The number of anilines is 1. The van der Waals surface area contributed by atoms with E-state index in [0.717, 1.165) is 16.5 Å². The smallest absolute Gasteiger partial charge is 0.256 e. The molecule has 3 rings (SSSR count). The van der Waals surface area contributed by atoms with Gasteiger partial charge in [0, 0.05) is 10.9 Å². The lowest BCUT2D eigenvalue weighted by Gasteiger charge is -2.01. The highest BCUT2D eigenvalue weighted by Crippen LogP contribution is 2.37. The molecule has 14 heavy (non-hydrogen) atoms. The average molecular weight is 204 g/mol. The molecule has 2 aromatic rings. The number of hydrogen-bond acceptors (Lipinski definition) is 1. The molecule has 3 heteroatoms. The third-order valence-corrected chi connectivity index (χ3v) is 2.79. The van der Waals surface area contributed by atoms with Gasteiger partial charge in [-0.3, -0.25) is 4.79 Å². The summed E-state index contributed by atoms with van der Waals surface area (Å²) in [4.78, 5) is 11.5. The number of benzene rings is 2. The molecule has 1 amide bonds. The summed E-state index contributed by atoms with van der Waals surface area (Å²) in [6, 6.07) is 9.38. The molecule has 0 saturated carbocycles. The summed E-state index contributed by atoms with van der Waals surface area (Å²) in [6.07, 6.45) is 0. The van der Waals surface area contributed by atoms with E-state index < -0.39 is 0 Å². The minimum absolute atomic E-state index is 0.0706. The third kappa shape index (κ3) is 0.836. The molecular weight excluding hydrogens is 198 g/mol. The molecule has 0 spiro atoms. The van der Waals surface area contributed by atoms with Gasteiger partial charge in [0.1, 0.15) is 0 Å². The van der Waals surface area contributed by atoms with Gasteiger partial charge >= 0.3 is 0 Å². The first kappa shape index (κ1) is 7.83. The van der Waals surface area contributed by atoms with Crippen molar-refractivity contribution < 1.29 is 4.79 Å². The Balaban J connectivity index is 2.58. The Morgan fingerprint density at radius 2 is 2.00 bits per heavy atom. The first-order valence-corrected chi connectivity index (χ1v) is 4.68. The highest BCUT2D eigenvalue weighted by Gasteiger charge is 2.22. The van der Waals surface area contributed by atoms with E-state index in [9.17, 15) is 4.79 Å². The second kappa shape index (κ2) is 2.49. The zero-order valence-corrected chi connectivity index (χ0v) is 7.93. The molecule has 2 nitrogen and oxygen atoms in total. The molecule has 1 N–H and O–H groups in total. The topological polar surface area (TPSA) is 29.1 Å². The summed E-state index contributed by atoms with van der Waals surface area (Å²) in [6.45, 7) is 0. The third-order valence-electron chi connectivity index (χ3n) is 2.48. The average Bonchev–Trinajstić information content (AvgIpc) is 2.53. The summed E-state index contributed by atoms with van der Waals surface area (Å²) < 4.78 is 0. The van der Waals surface area contributed by atoms with Gasteiger partial charge in [0.2, 0.25) is 0 Å². The molecule has 1 aliphatic rings. The summed E-state index contributed by atoms with van der Waals surface area (Å²) in [5.41, 5.74) is 1.45. The monoisotopic (exact) mass is 203 g/mol. The fourth-order valence-corrected chi connectivity index (χ4v) is 2.05. The molecule has 0 aromatic heterocycles. The van der Waals surface area contributed by atoms with Gasteiger partial charge in [-0.25, -0.2) is 0 Å². The predicted molar refractivity (Wildman–Crippen MR) is 56.9 cm³/mol. The van der Waals surface area contributed by atoms with Gasteiger partial charge in [0.05, 0.1) is 10.7 Å². The second-order valence-corrected chi connectivity index (χ2v) is 3.69. The number of carbonyl (C=O) groups is 1. The Labute approximate surface area is 85.5 Å². The van der Waals surface area contributed by atoms with Crippen LogP contribution in [0.15, 0.2) is 30.3 Å². The summed E-state index contributed by atoms with van der Waals surface area (Å²) in [7, 11) is 0. The number of carbonyl (C=O) groups excluding carboxylic acids is 1. The van der Waals surface area contributed by atoms with Crippen LogP contribution in [0.2, 0.25) is 5.02 Å². The molecular formula is C11H6ClNO. The van der Waals surface area contributed by atoms with Crippen LogP contribution < -0.4 is 5.32 Å². The maximum absolute atomic E-state index is 11.5. The van der Waals surface area contributed by atoms with Crippen LogP contribution >= 0.6 is 11.6 Å². The van der Waals surface area contributed by atoms with Crippen LogP contribution in [-0.2, 0) is 0 Å². The van der Waals surface area contributed by atoms with Gasteiger partial charge < -0.3 is 5.32 Å². The van der Waals surface area contributed by atoms with Crippen molar-refractivity contribution in [1.29, 1.82) is 0 Å². The van der Waals surface area contributed by atoms with Crippen molar-refractivity contribution >= 4 is 34.0 Å². The lowest BCUT2D eigenvalue weighted by molar-refractivity contribution is 0.103. The summed E-state index contributed by atoms with van der Waals surface area (Å²) >= 11 is 5.99. The van der Waals surface area contributed by atoms with Crippen LogP contribution in [0.25, 0.3) is 10.8 Å². The van der Waals surface area contributed by atoms with Crippen LogP contribution in [0.4, 0.5) is 5.69 Å². The Bertz CT molecular complexity index is 562. The van der Waals surface area contributed by atoms with Crippen LogP contribution in [0.3, 0.4) is 0 Å². The first-order chi connectivity index (χ1) is 6.77. The van der Waals surface area contributed by atoms with E-state index in [1.165, 1.54) is 0 Å². The van der Waals surface area contributed by atoms with Crippen molar-refractivity contribution in [3.8, 4) is 0 Å². The van der Waals surface area contributed by atoms with Crippen molar-refractivity contribution in [3.63, 3.8) is 0 Å². The molecule has 0 aliphatic carbocycles. The summed E-state index contributed by atoms with van der Waals surface area (Å²) in [5, 5.41) is 5.34. The lowest BCUT2D eigenvalue weighted by Crippen LogP contribution is -2.03. The normalized spacial score (nSPS) is 13.4. The molecule has 0 saturated heterocycles. The van der Waals surface area contributed by atoms with Crippen molar-refractivity contribution in [2.45, 2.75) is 0 Å². The zero-order valence-electron chi connectivity index (χ0n) is 7.17. The number of nitrogens with one attached hydrogen (secondary N) is 1. The Morgan fingerprint density at radius 1 is 1.14 bits per heavy atom. The molecule has 0 bridgehead atoms. The number of rotatable bonds is 0. The lowest BCUT2D eigenvalue weighted by atomic mass is 10.1. The van der Waals surface area contributed by atoms with Crippen molar-refractivity contribution in [3.05, 3.63) is 40.9 Å². The van der Waals surface area contributed by atoms with Gasteiger partial charge in [0.25, 0.3) is 5.91 Å². The maximum atomic E-state index is 11.5. The van der Waals surface area contributed by atoms with Crippen molar-refractivity contribution in [1.82, 2.24) is 0 Å². The zero-order chi connectivity index (χ0) is 9.71. The van der Waals surface area contributed by atoms with E-state index in [0.29, 0.717) is 10.6 Å². The van der Waals surface area contributed by atoms with Gasteiger partial charge in [-0.05, 0) is 17.5 Å². The minimum Gasteiger partial charge on any atom is -0.320 e. The molecule has 2 aromatic carbocycles. The second-order valence-electron chi connectivity index (χ2n) is 3.28. The van der Waals surface area contributed by atoms with E-state index in [4.69, 9.17) is 11.6 Å². The van der Waals surface area contributed by atoms with E-state index in [1.807, 2.05) is 24.3 Å². The highest BCUT2D eigenvalue weighted by molar-refractivity contribution is 6.38. The van der Waals surface area contributed by atoms with E-state index in [-0.39, 0.29) is 5.91 Å². The van der Waals surface area contributed by atoms with Crippen LogP contribution in [0.5, 0.6) is 0 Å². The fourth-order valence-electron chi connectivity index (χ4n) is 1.85. The predicted octanol–water partition coefficient (Wildman–Crippen LogP) is 3.06. The van der Waals surface area contributed by atoms with E-state index in [1.54, 1.807) is 6.07 Å². The largest absolute Gasteiger partial charge is 0.320 e. The number of halogens is 1. The van der Waals surface area contributed by atoms with Gasteiger partial charge in [-0.1, -0.05) is 29.8 Å². The molecule has 1 heterocycles. The molecule has 0 atom stereocenters. The highest BCUT2D eigenvalue weighted by atomic mass is 35.5. The fraction of sp³-hybridized carbons (Fsp3) is 0. The number of hydrogen-bond donors (Lipinski definition) is 1. The molecule has 1 aliphatic heterocycles. The Kier molecular flexibility index (Phi) is 1.39. The molecule has 0 fully saturated rings.